The molecular formula is C20H12Cl2FN3O2. The second-order valence-corrected chi connectivity index (χ2v) is 7.00. The third-order valence-electron chi connectivity index (χ3n) is 4.36. The Kier molecular flexibility index (Phi) is 4.75. The Hall–Kier alpha value is -2.96. The lowest BCUT2D eigenvalue weighted by atomic mass is 9.99. The van der Waals surface area contributed by atoms with E-state index in [2.05, 4.69) is 15.6 Å². The van der Waals surface area contributed by atoms with Crippen molar-refractivity contribution in [3.05, 3.63) is 93.0 Å². The fraction of sp³-hybridized carbons (Fsp3) is 0.0500. The molecule has 0 saturated heterocycles. The number of aromatic nitrogens is 1. The largest absolute Gasteiger partial charge is 0.340 e. The van der Waals surface area contributed by atoms with Gasteiger partial charge in [0.1, 0.15) is 11.5 Å². The molecule has 1 aliphatic heterocycles. The molecule has 0 spiro atoms. The van der Waals surface area contributed by atoms with Crippen molar-refractivity contribution in [2.24, 2.45) is 0 Å². The molecule has 0 fully saturated rings. The Morgan fingerprint density at radius 2 is 1.93 bits per heavy atom. The molecule has 140 valence electrons. The Morgan fingerprint density at radius 1 is 1.14 bits per heavy atom. The van der Waals surface area contributed by atoms with E-state index in [1.807, 2.05) is 0 Å². The smallest absolute Gasteiger partial charge is 0.271 e. The number of benzene rings is 2. The van der Waals surface area contributed by atoms with Crippen molar-refractivity contribution < 1.29 is 14.0 Å². The summed E-state index contributed by atoms with van der Waals surface area (Å²) in [5.41, 5.74) is 1.80. The first-order chi connectivity index (χ1) is 13.4. The number of carbonyl (C=O) groups is 2. The quantitative estimate of drug-likeness (QED) is 0.655. The van der Waals surface area contributed by atoms with Gasteiger partial charge in [-0.1, -0.05) is 41.4 Å². The van der Waals surface area contributed by atoms with Gasteiger partial charge in [-0.3, -0.25) is 14.6 Å². The average molecular weight is 416 g/mol. The summed E-state index contributed by atoms with van der Waals surface area (Å²) < 4.78 is 13.6. The van der Waals surface area contributed by atoms with Gasteiger partial charge in [-0.2, -0.15) is 0 Å². The molecule has 0 radical (unpaired) electrons. The number of fused-ring (bicyclic) bond motifs is 1. The van der Waals surface area contributed by atoms with E-state index in [-0.39, 0.29) is 22.2 Å². The maximum Gasteiger partial charge on any atom is 0.271 e. The standard InChI is InChI=1S/C20H12Cl2FN3O2/c21-11-7-10(8-12(23)9-11)19(27)25-15-5-6-24-18-16(15)17(26-20(18)28)13-3-1-2-4-14(13)22/h1-9,17H,(H,26,28)(H,24,25,27). The summed E-state index contributed by atoms with van der Waals surface area (Å²) in [6.07, 6.45) is 1.42. The summed E-state index contributed by atoms with van der Waals surface area (Å²) in [5.74, 6) is -1.56. The van der Waals surface area contributed by atoms with Crippen molar-refractivity contribution in [2.75, 3.05) is 5.32 Å². The first kappa shape index (κ1) is 18.4. The number of pyridine rings is 1. The van der Waals surface area contributed by atoms with Gasteiger partial charge in [-0.05, 0) is 35.9 Å². The molecule has 1 atom stereocenters. The maximum atomic E-state index is 13.6. The van der Waals surface area contributed by atoms with Crippen molar-refractivity contribution in [3.63, 3.8) is 0 Å². The van der Waals surface area contributed by atoms with E-state index in [1.165, 1.54) is 12.3 Å². The number of anilines is 1. The first-order valence-corrected chi connectivity index (χ1v) is 9.01. The maximum absolute atomic E-state index is 13.6. The Balaban J connectivity index is 1.75. The van der Waals surface area contributed by atoms with E-state index < -0.39 is 17.8 Å². The van der Waals surface area contributed by atoms with Crippen molar-refractivity contribution in [1.82, 2.24) is 10.3 Å². The van der Waals surface area contributed by atoms with Gasteiger partial charge in [0, 0.05) is 27.4 Å². The minimum absolute atomic E-state index is 0.0575. The van der Waals surface area contributed by atoms with Crippen molar-refractivity contribution in [3.8, 4) is 0 Å². The zero-order chi connectivity index (χ0) is 19.8. The van der Waals surface area contributed by atoms with Crippen LogP contribution in [0.1, 0.15) is 38.0 Å². The normalized spacial score (nSPS) is 15.1. The molecule has 0 bridgehead atoms. The second kappa shape index (κ2) is 7.22. The van der Waals surface area contributed by atoms with Crippen LogP contribution < -0.4 is 10.6 Å². The second-order valence-electron chi connectivity index (χ2n) is 6.16. The Labute approximate surface area is 169 Å². The summed E-state index contributed by atoms with van der Waals surface area (Å²) in [6.45, 7) is 0. The lowest BCUT2D eigenvalue weighted by Gasteiger charge is -2.17. The highest BCUT2D eigenvalue weighted by atomic mass is 35.5. The molecule has 1 aliphatic rings. The summed E-state index contributed by atoms with van der Waals surface area (Å²) in [6, 6.07) is 11.6. The highest BCUT2D eigenvalue weighted by Gasteiger charge is 2.35. The zero-order valence-electron chi connectivity index (χ0n) is 14.2. The van der Waals surface area contributed by atoms with Crippen LogP contribution in [0.25, 0.3) is 0 Å². The predicted octanol–water partition coefficient (Wildman–Crippen LogP) is 4.61. The number of rotatable bonds is 3. The molecule has 1 unspecified atom stereocenters. The van der Waals surface area contributed by atoms with Crippen molar-refractivity contribution >= 4 is 40.7 Å². The zero-order valence-corrected chi connectivity index (χ0v) is 15.7. The minimum atomic E-state index is -0.622. The van der Waals surface area contributed by atoms with Gasteiger partial charge >= 0.3 is 0 Å². The van der Waals surface area contributed by atoms with E-state index in [4.69, 9.17) is 23.2 Å². The van der Waals surface area contributed by atoms with Gasteiger partial charge in [0.05, 0.1) is 11.7 Å². The van der Waals surface area contributed by atoms with Crippen molar-refractivity contribution in [2.45, 2.75) is 6.04 Å². The molecule has 28 heavy (non-hydrogen) atoms. The summed E-state index contributed by atoms with van der Waals surface area (Å²) in [5, 5.41) is 6.12. The fourth-order valence-corrected chi connectivity index (χ4v) is 3.62. The van der Waals surface area contributed by atoms with Gasteiger partial charge in [-0.25, -0.2) is 4.39 Å². The van der Waals surface area contributed by atoms with Gasteiger partial charge in [-0.15, -0.1) is 0 Å². The lowest BCUT2D eigenvalue weighted by Crippen LogP contribution is -2.21. The van der Waals surface area contributed by atoms with Crippen LogP contribution in [-0.4, -0.2) is 16.8 Å². The monoisotopic (exact) mass is 415 g/mol. The molecule has 2 aromatic carbocycles. The first-order valence-electron chi connectivity index (χ1n) is 8.25. The molecular weight excluding hydrogens is 404 g/mol. The number of hydrogen-bond acceptors (Lipinski definition) is 3. The van der Waals surface area contributed by atoms with Crippen LogP contribution in [-0.2, 0) is 0 Å². The predicted molar refractivity (Wildman–Crippen MR) is 104 cm³/mol. The number of carbonyl (C=O) groups excluding carboxylic acids is 2. The van der Waals surface area contributed by atoms with Crippen molar-refractivity contribution in [1.29, 1.82) is 0 Å². The number of hydrogen-bond donors (Lipinski definition) is 2. The molecule has 2 amide bonds. The van der Waals surface area contributed by atoms with E-state index >= 15 is 0 Å². The molecule has 3 aromatic rings. The summed E-state index contributed by atoms with van der Waals surface area (Å²) in [7, 11) is 0. The van der Waals surface area contributed by atoms with Crippen LogP contribution >= 0.6 is 23.2 Å². The third-order valence-corrected chi connectivity index (χ3v) is 4.92. The van der Waals surface area contributed by atoms with Crippen LogP contribution in [0.3, 0.4) is 0 Å². The lowest BCUT2D eigenvalue weighted by molar-refractivity contribution is 0.0955. The molecule has 4 rings (SSSR count). The SMILES string of the molecule is O=C(Nc1ccnc2c1C(c1ccccc1Cl)NC2=O)c1cc(F)cc(Cl)c1. The molecule has 1 aromatic heterocycles. The molecule has 2 heterocycles. The van der Waals surface area contributed by atoms with E-state index in [0.29, 0.717) is 21.8 Å². The number of nitrogens with one attached hydrogen (secondary N) is 2. The molecule has 2 N–H and O–H groups in total. The van der Waals surface area contributed by atoms with Crippen LogP contribution in [0.5, 0.6) is 0 Å². The van der Waals surface area contributed by atoms with Gasteiger partial charge in [0.25, 0.3) is 11.8 Å². The van der Waals surface area contributed by atoms with Gasteiger partial charge < -0.3 is 10.6 Å². The highest BCUT2D eigenvalue weighted by Crippen LogP contribution is 2.38. The van der Waals surface area contributed by atoms with E-state index in [9.17, 15) is 14.0 Å². The number of halogens is 3. The summed E-state index contributed by atoms with van der Waals surface area (Å²) >= 11 is 12.1. The van der Waals surface area contributed by atoms with Gasteiger partial charge in [0.2, 0.25) is 0 Å². The van der Waals surface area contributed by atoms with E-state index in [0.717, 1.165) is 12.1 Å². The average Bonchev–Trinajstić information content (AvgIpc) is 2.99. The fourth-order valence-electron chi connectivity index (χ4n) is 3.15. The van der Waals surface area contributed by atoms with Gasteiger partial charge in [0.15, 0.2) is 0 Å². The molecule has 0 saturated carbocycles. The highest BCUT2D eigenvalue weighted by molar-refractivity contribution is 6.31. The molecule has 0 aliphatic carbocycles. The number of amides is 2. The van der Waals surface area contributed by atoms with E-state index in [1.54, 1.807) is 30.3 Å². The minimum Gasteiger partial charge on any atom is -0.340 e. The molecule has 5 nitrogen and oxygen atoms in total. The summed E-state index contributed by atoms with van der Waals surface area (Å²) in [4.78, 5) is 29.1. The topological polar surface area (TPSA) is 71.1 Å². The number of nitrogens with zero attached hydrogens (tertiary/aromatic N) is 1. The van der Waals surface area contributed by atoms with Crippen LogP contribution in [0.2, 0.25) is 10.0 Å². The van der Waals surface area contributed by atoms with Crippen LogP contribution in [0.4, 0.5) is 10.1 Å². The third kappa shape index (κ3) is 3.32. The Morgan fingerprint density at radius 3 is 2.68 bits per heavy atom. The van der Waals surface area contributed by atoms with Crippen LogP contribution in [0, 0.1) is 5.82 Å². The molecule has 8 heteroatoms. The Bertz CT molecular complexity index is 1100. The van der Waals surface area contributed by atoms with Crippen LogP contribution in [0.15, 0.2) is 54.7 Å².